The van der Waals surface area contributed by atoms with Gasteiger partial charge in [0.15, 0.2) is 0 Å². The number of rotatable bonds is 5. The number of hydrogen-bond acceptors (Lipinski definition) is 3. The average molecular weight is 454 g/mol. The molecule has 6 nitrogen and oxygen atoms in total. The Morgan fingerprint density at radius 3 is 2.69 bits per heavy atom. The highest BCUT2D eigenvalue weighted by Crippen LogP contribution is 2.18. The van der Waals surface area contributed by atoms with E-state index in [-0.39, 0.29) is 18.3 Å². The van der Waals surface area contributed by atoms with Crippen LogP contribution in [0.15, 0.2) is 71.9 Å². The van der Waals surface area contributed by atoms with Crippen molar-refractivity contribution in [3.8, 4) is 11.4 Å². The molecule has 0 radical (unpaired) electrons. The monoisotopic (exact) mass is 453 g/mol. The summed E-state index contributed by atoms with van der Waals surface area (Å²) in [7, 11) is 0. The molecule has 1 N–H and O–H groups in total. The minimum atomic E-state index is -0.381. The van der Waals surface area contributed by atoms with E-state index in [1.54, 1.807) is 33.8 Å². The summed E-state index contributed by atoms with van der Waals surface area (Å²) in [4.78, 5) is 16.5. The van der Waals surface area contributed by atoms with Crippen LogP contribution in [-0.4, -0.2) is 25.2 Å². The van der Waals surface area contributed by atoms with Crippen LogP contribution in [0.4, 0.5) is 4.39 Å². The van der Waals surface area contributed by atoms with Gasteiger partial charge in [-0.2, -0.15) is 5.10 Å². The molecule has 2 aromatic carbocycles. The first-order chi connectivity index (χ1) is 14.0. The maximum absolute atomic E-state index is 14.4. The Kier molecular flexibility index (Phi) is 5.26. The second-order valence-corrected chi connectivity index (χ2v) is 7.39. The number of amides is 1. The minimum Gasteiger partial charge on any atom is -0.348 e. The Morgan fingerprint density at radius 2 is 2.00 bits per heavy atom. The van der Waals surface area contributed by atoms with Crippen molar-refractivity contribution in [2.45, 2.75) is 13.5 Å². The third-order valence-electron chi connectivity index (χ3n) is 4.57. The maximum atomic E-state index is 14.4. The quantitative estimate of drug-likeness (QED) is 0.492. The van der Waals surface area contributed by atoms with Gasteiger partial charge in [-0.1, -0.05) is 22.0 Å². The number of nitrogens with zero attached hydrogens (tertiary/aromatic N) is 4. The molecule has 146 valence electrons. The van der Waals surface area contributed by atoms with Crippen LogP contribution in [-0.2, 0) is 6.54 Å². The highest BCUT2D eigenvalue weighted by molar-refractivity contribution is 9.10. The number of nitrogens with one attached hydrogen (secondary N) is 1. The fourth-order valence-corrected chi connectivity index (χ4v) is 3.29. The van der Waals surface area contributed by atoms with E-state index in [1.165, 1.54) is 18.6 Å². The fourth-order valence-electron chi connectivity index (χ4n) is 3.02. The van der Waals surface area contributed by atoms with Crippen molar-refractivity contribution in [2.24, 2.45) is 0 Å². The summed E-state index contributed by atoms with van der Waals surface area (Å²) >= 11 is 3.40. The van der Waals surface area contributed by atoms with Gasteiger partial charge in [-0.25, -0.2) is 14.1 Å². The predicted molar refractivity (Wildman–Crippen MR) is 111 cm³/mol. The van der Waals surface area contributed by atoms with E-state index < -0.39 is 0 Å². The molecule has 4 aromatic rings. The van der Waals surface area contributed by atoms with Gasteiger partial charge in [-0.15, -0.1) is 0 Å². The Morgan fingerprint density at radius 1 is 1.21 bits per heavy atom. The largest absolute Gasteiger partial charge is 0.348 e. The van der Waals surface area contributed by atoms with Crippen LogP contribution in [0.25, 0.3) is 11.4 Å². The van der Waals surface area contributed by atoms with E-state index in [4.69, 9.17) is 0 Å². The molecular formula is C21H17BrFN5O. The lowest BCUT2D eigenvalue weighted by Crippen LogP contribution is -2.23. The zero-order chi connectivity index (χ0) is 20.4. The van der Waals surface area contributed by atoms with Gasteiger partial charge in [0, 0.05) is 23.4 Å². The standard InChI is InChI=1S/C21H17BrFN5O/c1-14-18(12-26-28(14)17-5-3-16(22)4-6-17)21(29)25-11-15-2-7-20(19(23)10-15)27-9-8-24-13-27/h2-10,12-13H,11H2,1H3,(H,25,29). The van der Waals surface area contributed by atoms with Crippen LogP contribution in [0.1, 0.15) is 21.6 Å². The lowest BCUT2D eigenvalue weighted by molar-refractivity contribution is 0.0950. The third-order valence-corrected chi connectivity index (χ3v) is 5.10. The summed E-state index contributed by atoms with van der Waals surface area (Å²) in [5.41, 5.74) is 3.14. The highest BCUT2D eigenvalue weighted by atomic mass is 79.9. The molecule has 0 aliphatic rings. The van der Waals surface area contributed by atoms with Gasteiger partial charge < -0.3 is 9.88 Å². The molecule has 0 unspecified atom stereocenters. The second kappa shape index (κ2) is 8.00. The maximum Gasteiger partial charge on any atom is 0.255 e. The molecule has 0 aliphatic carbocycles. The van der Waals surface area contributed by atoms with Crippen LogP contribution in [0.2, 0.25) is 0 Å². The first-order valence-corrected chi connectivity index (χ1v) is 9.68. The van der Waals surface area contributed by atoms with Gasteiger partial charge in [0.2, 0.25) is 0 Å². The molecule has 0 saturated carbocycles. The second-order valence-electron chi connectivity index (χ2n) is 6.47. The molecule has 29 heavy (non-hydrogen) atoms. The first-order valence-electron chi connectivity index (χ1n) is 8.88. The number of carbonyl (C=O) groups is 1. The van der Waals surface area contributed by atoms with Crippen molar-refractivity contribution >= 4 is 21.8 Å². The van der Waals surface area contributed by atoms with E-state index in [2.05, 4.69) is 31.3 Å². The molecule has 0 spiro atoms. The van der Waals surface area contributed by atoms with E-state index in [1.807, 2.05) is 31.2 Å². The first kappa shape index (κ1) is 19.1. The van der Waals surface area contributed by atoms with Crippen molar-refractivity contribution in [1.29, 1.82) is 0 Å². The summed E-state index contributed by atoms with van der Waals surface area (Å²) in [6.45, 7) is 2.05. The fraction of sp³-hybridized carbons (Fsp3) is 0.0952. The Bertz CT molecular complexity index is 1150. The molecule has 0 aliphatic heterocycles. The van der Waals surface area contributed by atoms with E-state index in [0.29, 0.717) is 16.8 Å². The normalized spacial score (nSPS) is 10.9. The molecule has 0 saturated heterocycles. The summed E-state index contributed by atoms with van der Waals surface area (Å²) in [5.74, 6) is -0.640. The number of hydrogen-bond donors (Lipinski definition) is 1. The van der Waals surface area contributed by atoms with Gasteiger partial charge in [-0.3, -0.25) is 4.79 Å². The summed E-state index contributed by atoms with van der Waals surface area (Å²) in [6, 6.07) is 12.5. The van der Waals surface area contributed by atoms with Crippen molar-refractivity contribution in [1.82, 2.24) is 24.6 Å². The number of imidazole rings is 1. The third kappa shape index (κ3) is 3.97. The Hall–Kier alpha value is -3.26. The van der Waals surface area contributed by atoms with E-state index in [9.17, 15) is 9.18 Å². The van der Waals surface area contributed by atoms with Crippen LogP contribution in [0.5, 0.6) is 0 Å². The van der Waals surface area contributed by atoms with Crippen molar-refractivity contribution in [3.63, 3.8) is 0 Å². The van der Waals surface area contributed by atoms with Gasteiger partial charge in [-0.05, 0) is 48.9 Å². The molecule has 4 rings (SSSR count). The van der Waals surface area contributed by atoms with Crippen molar-refractivity contribution in [2.75, 3.05) is 0 Å². The smallest absolute Gasteiger partial charge is 0.255 e. The summed E-state index contributed by atoms with van der Waals surface area (Å²) < 4.78 is 18.6. The van der Waals surface area contributed by atoms with Gasteiger partial charge in [0.1, 0.15) is 5.82 Å². The number of halogens is 2. The summed E-state index contributed by atoms with van der Waals surface area (Å²) in [5, 5.41) is 7.14. The SMILES string of the molecule is Cc1c(C(=O)NCc2ccc(-n3ccnc3)c(F)c2)cnn1-c1ccc(Br)cc1. The van der Waals surface area contributed by atoms with Crippen LogP contribution < -0.4 is 5.32 Å². The van der Waals surface area contributed by atoms with E-state index >= 15 is 0 Å². The van der Waals surface area contributed by atoms with Gasteiger partial charge in [0.05, 0.1) is 35.2 Å². The minimum absolute atomic E-state index is 0.211. The molecular weight excluding hydrogens is 437 g/mol. The zero-order valence-corrected chi connectivity index (χ0v) is 17.1. The number of carbonyl (C=O) groups excluding carboxylic acids is 1. The molecule has 2 heterocycles. The topological polar surface area (TPSA) is 64.7 Å². The average Bonchev–Trinajstić information content (AvgIpc) is 3.37. The molecule has 0 fully saturated rings. The number of benzene rings is 2. The molecule has 2 aromatic heterocycles. The van der Waals surface area contributed by atoms with Crippen molar-refractivity contribution < 1.29 is 9.18 Å². The Labute approximate surface area is 175 Å². The molecule has 8 heteroatoms. The zero-order valence-electron chi connectivity index (χ0n) is 15.5. The highest BCUT2D eigenvalue weighted by Gasteiger charge is 2.15. The Balaban J connectivity index is 1.46. The summed E-state index contributed by atoms with van der Waals surface area (Å²) in [6.07, 6.45) is 6.33. The van der Waals surface area contributed by atoms with Crippen LogP contribution >= 0.6 is 15.9 Å². The van der Waals surface area contributed by atoms with E-state index in [0.717, 1.165) is 15.9 Å². The molecule has 0 atom stereocenters. The van der Waals surface area contributed by atoms with Crippen LogP contribution in [0, 0.1) is 12.7 Å². The molecule has 1 amide bonds. The lowest BCUT2D eigenvalue weighted by atomic mass is 10.1. The number of aromatic nitrogens is 4. The lowest BCUT2D eigenvalue weighted by Gasteiger charge is -2.09. The molecule has 0 bridgehead atoms. The predicted octanol–water partition coefficient (Wildman–Crippen LogP) is 4.20. The van der Waals surface area contributed by atoms with Gasteiger partial charge >= 0.3 is 0 Å². The van der Waals surface area contributed by atoms with Crippen molar-refractivity contribution in [3.05, 3.63) is 94.5 Å². The van der Waals surface area contributed by atoms with Crippen LogP contribution in [0.3, 0.4) is 0 Å². The van der Waals surface area contributed by atoms with Gasteiger partial charge in [0.25, 0.3) is 5.91 Å².